The number of halogens is 3. The molecule has 0 spiro atoms. The molecule has 0 aliphatic heterocycles. The highest BCUT2D eigenvalue weighted by molar-refractivity contribution is 5.96. The summed E-state index contributed by atoms with van der Waals surface area (Å²) in [6.45, 7) is 1.75. The van der Waals surface area contributed by atoms with Crippen molar-refractivity contribution in [2.45, 2.75) is 13.1 Å². The summed E-state index contributed by atoms with van der Waals surface area (Å²) in [5.74, 6) is -0.825. The first-order valence-corrected chi connectivity index (χ1v) is 6.85. The number of rotatable bonds is 5. The quantitative estimate of drug-likeness (QED) is 0.859. The molecule has 1 aromatic heterocycles. The molecule has 124 valence electrons. The van der Waals surface area contributed by atoms with E-state index in [1.165, 1.54) is 14.0 Å². The number of carbonyl (C=O) groups is 1. The number of nitrogens with one attached hydrogen (secondary N) is 1. The maximum absolute atomic E-state index is 13.2. The zero-order chi connectivity index (χ0) is 17.0. The van der Waals surface area contributed by atoms with Gasteiger partial charge >= 0.3 is 6.18 Å². The van der Waals surface area contributed by atoms with E-state index >= 15 is 0 Å². The predicted octanol–water partition coefficient (Wildman–Crippen LogP) is 2.58. The van der Waals surface area contributed by atoms with Crippen molar-refractivity contribution in [2.24, 2.45) is 0 Å². The average Bonchev–Trinajstić information content (AvgIpc) is 2.86. The Morgan fingerprint density at radius 1 is 1.30 bits per heavy atom. The summed E-state index contributed by atoms with van der Waals surface area (Å²) in [5.41, 5.74) is -1.10. The first-order valence-electron chi connectivity index (χ1n) is 6.85. The van der Waals surface area contributed by atoms with Crippen LogP contribution in [0.25, 0.3) is 5.69 Å². The summed E-state index contributed by atoms with van der Waals surface area (Å²) in [5, 5.41) is 6.00. The second kappa shape index (κ2) is 6.82. The molecule has 0 saturated heterocycles. The van der Waals surface area contributed by atoms with Crippen LogP contribution in [0.15, 0.2) is 30.3 Å². The number of hydrogen-bond acceptors (Lipinski definition) is 3. The molecular weight excluding hydrogens is 311 g/mol. The van der Waals surface area contributed by atoms with Crippen molar-refractivity contribution in [3.8, 4) is 5.69 Å². The minimum atomic E-state index is -4.72. The van der Waals surface area contributed by atoms with Crippen LogP contribution in [0.5, 0.6) is 0 Å². The van der Waals surface area contributed by atoms with E-state index < -0.39 is 23.3 Å². The van der Waals surface area contributed by atoms with Gasteiger partial charge in [-0.2, -0.15) is 18.3 Å². The number of carbonyl (C=O) groups excluding carboxylic acids is 1. The average molecular weight is 327 g/mol. The SMILES string of the molecule is COCCNC(=O)c1c(C(F)(F)F)nn(-c2ccccc2)c1C. The van der Waals surface area contributed by atoms with E-state index in [9.17, 15) is 18.0 Å². The van der Waals surface area contributed by atoms with E-state index in [1.807, 2.05) is 0 Å². The zero-order valence-corrected chi connectivity index (χ0v) is 12.6. The number of amides is 1. The van der Waals surface area contributed by atoms with Crippen molar-refractivity contribution >= 4 is 5.91 Å². The monoisotopic (exact) mass is 327 g/mol. The van der Waals surface area contributed by atoms with Gasteiger partial charge in [0.05, 0.1) is 23.6 Å². The molecule has 0 radical (unpaired) electrons. The number of ether oxygens (including phenoxy) is 1. The lowest BCUT2D eigenvalue weighted by atomic mass is 10.1. The van der Waals surface area contributed by atoms with Crippen LogP contribution in [-0.2, 0) is 10.9 Å². The molecule has 0 aliphatic carbocycles. The van der Waals surface area contributed by atoms with Gasteiger partial charge in [-0.15, -0.1) is 0 Å². The van der Waals surface area contributed by atoms with Gasteiger partial charge in [-0.25, -0.2) is 4.68 Å². The number of hydrogen-bond donors (Lipinski definition) is 1. The minimum absolute atomic E-state index is 0.114. The van der Waals surface area contributed by atoms with Gasteiger partial charge in [0.1, 0.15) is 0 Å². The summed E-state index contributed by atoms with van der Waals surface area (Å²) in [6.07, 6.45) is -4.72. The summed E-state index contributed by atoms with van der Waals surface area (Å²) in [6, 6.07) is 8.34. The van der Waals surface area contributed by atoms with Gasteiger partial charge in [-0.05, 0) is 19.1 Å². The van der Waals surface area contributed by atoms with Crippen LogP contribution in [-0.4, -0.2) is 35.9 Å². The molecule has 1 heterocycles. The van der Waals surface area contributed by atoms with E-state index in [4.69, 9.17) is 4.74 Å². The van der Waals surface area contributed by atoms with Crippen molar-refractivity contribution in [1.82, 2.24) is 15.1 Å². The molecule has 0 unspecified atom stereocenters. The number of aromatic nitrogens is 2. The van der Waals surface area contributed by atoms with Crippen LogP contribution in [0.2, 0.25) is 0 Å². The highest BCUT2D eigenvalue weighted by Crippen LogP contribution is 2.33. The van der Waals surface area contributed by atoms with E-state index in [0.29, 0.717) is 5.69 Å². The highest BCUT2D eigenvalue weighted by Gasteiger charge is 2.40. The Morgan fingerprint density at radius 3 is 2.52 bits per heavy atom. The normalized spacial score (nSPS) is 11.5. The first kappa shape index (κ1) is 17.0. The molecule has 2 rings (SSSR count). The molecule has 2 aromatic rings. The molecule has 23 heavy (non-hydrogen) atoms. The second-order valence-corrected chi connectivity index (χ2v) is 4.80. The van der Waals surface area contributed by atoms with E-state index in [0.717, 1.165) is 4.68 Å². The van der Waals surface area contributed by atoms with Gasteiger partial charge in [0, 0.05) is 13.7 Å². The Labute approximate surface area is 131 Å². The van der Waals surface area contributed by atoms with Crippen LogP contribution in [0.1, 0.15) is 21.7 Å². The largest absolute Gasteiger partial charge is 0.435 e. The maximum Gasteiger partial charge on any atom is 0.435 e. The first-order chi connectivity index (χ1) is 10.9. The van der Waals surface area contributed by atoms with Gasteiger partial charge in [-0.3, -0.25) is 4.79 Å². The molecular formula is C15H16F3N3O2. The van der Waals surface area contributed by atoms with Crippen LogP contribution in [0.4, 0.5) is 13.2 Å². The van der Waals surface area contributed by atoms with E-state index in [1.54, 1.807) is 30.3 Å². The highest BCUT2D eigenvalue weighted by atomic mass is 19.4. The van der Waals surface area contributed by atoms with Crippen LogP contribution in [0.3, 0.4) is 0 Å². The summed E-state index contributed by atoms with van der Waals surface area (Å²) in [7, 11) is 1.44. The summed E-state index contributed by atoms with van der Waals surface area (Å²) >= 11 is 0. The fourth-order valence-corrected chi connectivity index (χ4v) is 2.15. The molecule has 1 aromatic carbocycles. The molecule has 0 fully saturated rings. The van der Waals surface area contributed by atoms with Gasteiger partial charge in [0.25, 0.3) is 5.91 Å². The summed E-state index contributed by atoms with van der Waals surface area (Å²) < 4.78 is 45.6. The predicted molar refractivity (Wildman–Crippen MR) is 77.5 cm³/mol. The fraction of sp³-hybridized carbons (Fsp3) is 0.333. The van der Waals surface area contributed by atoms with E-state index in [-0.39, 0.29) is 18.8 Å². The lowest BCUT2D eigenvalue weighted by Crippen LogP contribution is -2.29. The van der Waals surface area contributed by atoms with Gasteiger partial charge in [-0.1, -0.05) is 18.2 Å². The van der Waals surface area contributed by atoms with Crippen molar-refractivity contribution in [3.05, 3.63) is 47.3 Å². The Morgan fingerprint density at radius 2 is 1.96 bits per heavy atom. The zero-order valence-electron chi connectivity index (χ0n) is 12.6. The third-order valence-electron chi connectivity index (χ3n) is 3.20. The smallest absolute Gasteiger partial charge is 0.383 e. The van der Waals surface area contributed by atoms with E-state index in [2.05, 4.69) is 10.4 Å². The van der Waals surface area contributed by atoms with Gasteiger partial charge < -0.3 is 10.1 Å². The van der Waals surface area contributed by atoms with Crippen molar-refractivity contribution in [2.75, 3.05) is 20.3 Å². The molecule has 0 saturated carbocycles. The molecule has 5 nitrogen and oxygen atoms in total. The molecule has 1 N–H and O–H groups in total. The topological polar surface area (TPSA) is 56.1 Å². The number of methoxy groups -OCH3 is 1. The molecule has 8 heteroatoms. The molecule has 0 aliphatic rings. The Bertz CT molecular complexity index is 681. The number of benzene rings is 1. The second-order valence-electron chi connectivity index (χ2n) is 4.80. The van der Waals surface area contributed by atoms with Crippen molar-refractivity contribution < 1.29 is 22.7 Å². The van der Waals surface area contributed by atoms with Crippen molar-refractivity contribution in [3.63, 3.8) is 0 Å². The molecule has 1 amide bonds. The third-order valence-corrected chi connectivity index (χ3v) is 3.20. The number of nitrogens with zero attached hydrogens (tertiary/aromatic N) is 2. The standard InChI is InChI=1S/C15H16F3N3O2/c1-10-12(14(22)19-8-9-23-2)13(15(16,17)18)20-21(10)11-6-4-3-5-7-11/h3-7H,8-9H2,1-2H3,(H,19,22). The summed E-state index contributed by atoms with van der Waals surface area (Å²) in [4.78, 5) is 12.1. The van der Waals surface area contributed by atoms with Gasteiger partial charge in [0.2, 0.25) is 0 Å². The number of alkyl halides is 3. The van der Waals surface area contributed by atoms with Gasteiger partial charge in [0.15, 0.2) is 5.69 Å². The lowest BCUT2D eigenvalue weighted by Gasteiger charge is -2.08. The van der Waals surface area contributed by atoms with Crippen molar-refractivity contribution in [1.29, 1.82) is 0 Å². The Kier molecular flexibility index (Phi) is 5.05. The maximum atomic E-state index is 13.2. The Hall–Kier alpha value is -2.35. The fourth-order valence-electron chi connectivity index (χ4n) is 2.15. The molecule has 0 atom stereocenters. The number of para-hydroxylation sites is 1. The van der Waals surface area contributed by atoms with Crippen LogP contribution >= 0.6 is 0 Å². The van der Waals surface area contributed by atoms with Crippen LogP contribution in [0, 0.1) is 6.92 Å². The minimum Gasteiger partial charge on any atom is -0.383 e. The van der Waals surface area contributed by atoms with Crippen LogP contribution < -0.4 is 5.32 Å². The molecule has 0 bridgehead atoms. The third kappa shape index (κ3) is 3.70. The Balaban J connectivity index is 2.47. The lowest BCUT2D eigenvalue weighted by molar-refractivity contribution is -0.141.